The zero-order valence-electron chi connectivity index (χ0n) is 12.4. The number of carbonyl (C=O) groups excluding carboxylic acids is 3. The van der Waals surface area contributed by atoms with Crippen molar-refractivity contribution in [2.24, 2.45) is 5.73 Å². The largest absolute Gasteiger partial charge is 0.444 e. The van der Waals surface area contributed by atoms with Gasteiger partial charge in [-0.1, -0.05) is 0 Å². The van der Waals surface area contributed by atoms with Gasteiger partial charge in [0.15, 0.2) is 0 Å². The van der Waals surface area contributed by atoms with E-state index < -0.39 is 11.7 Å². The molecule has 3 N–H and O–H groups in total. The Morgan fingerprint density at radius 1 is 1.00 bits per heavy atom. The van der Waals surface area contributed by atoms with Gasteiger partial charge in [0.1, 0.15) is 17.2 Å². The molecule has 0 unspecified atom stereocenters. The fourth-order valence-electron chi connectivity index (χ4n) is 1.31. The molecule has 0 rings (SSSR count). The Balaban J connectivity index is 0. The van der Waals surface area contributed by atoms with E-state index in [4.69, 9.17) is 10.5 Å². The second-order valence-electron chi connectivity index (χ2n) is 5.29. The lowest BCUT2D eigenvalue weighted by Gasteiger charge is -2.19. The average Bonchev–Trinajstić information content (AvgIpc) is 2.24. The van der Waals surface area contributed by atoms with Crippen molar-refractivity contribution in [1.82, 2.24) is 5.32 Å². The van der Waals surface area contributed by atoms with Crippen LogP contribution >= 0.6 is 12.4 Å². The number of Topliss-reactive ketones (excluding diaryl/α,β-unsaturated/α-hetero) is 2. The van der Waals surface area contributed by atoms with Crippen molar-refractivity contribution in [1.29, 1.82) is 0 Å². The summed E-state index contributed by atoms with van der Waals surface area (Å²) in [5.41, 5.74) is 4.68. The molecule has 0 aliphatic heterocycles. The Morgan fingerprint density at radius 3 is 1.95 bits per heavy atom. The van der Waals surface area contributed by atoms with E-state index in [-0.39, 0.29) is 49.8 Å². The number of halogens is 1. The third kappa shape index (κ3) is 13.3. The van der Waals surface area contributed by atoms with Crippen LogP contribution in [0.4, 0.5) is 4.79 Å². The zero-order valence-corrected chi connectivity index (χ0v) is 13.2. The minimum atomic E-state index is -0.553. The molecule has 0 aromatic heterocycles. The molecular formula is C13H25ClN2O4. The number of nitrogens with one attached hydrogen (secondary N) is 1. The maximum absolute atomic E-state index is 11.4. The smallest absolute Gasteiger partial charge is 0.407 e. The maximum Gasteiger partial charge on any atom is 0.407 e. The van der Waals surface area contributed by atoms with Crippen molar-refractivity contribution < 1.29 is 19.1 Å². The third-order valence-electron chi connectivity index (χ3n) is 2.18. The van der Waals surface area contributed by atoms with Gasteiger partial charge in [0.2, 0.25) is 0 Å². The van der Waals surface area contributed by atoms with Crippen LogP contribution in [-0.4, -0.2) is 36.4 Å². The molecule has 6 nitrogen and oxygen atoms in total. The third-order valence-corrected chi connectivity index (χ3v) is 2.18. The number of carbonyl (C=O) groups is 3. The molecule has 0 aliphatic rings. The molecule has 0 aromatic carbocycles. The Bertz CT molecular complexity index is 327. The molecule has 0 saturated carbocycles. The topological polar surface area (TPSA) is 98.5 Å². The normalized spacial score (nSPS) is 10.4. The fourth-order valence-corrected chi connectivity index (χ4v) is 1.31. The molecule has 0 fully saturated rings. The van der Waals surface area contributed by atoms with Crippen LogP contribution in [0.25, 0.3) is 0 Å². The van der Waals surface area contributed by atoms with Crippen LogP contribution < -0.4 is 11.1 Å². The summed E-state index contributed by atoms with van der Waals surface area (Å²) < 4.78 is 5.02. The highest BCUT2D eigenvalue weighted by molar-refractivity contribution is 5.86. The summed E-state index contributed by atoms with van der Waals surface area (Å²) in [7, 11) is 0. The van der Waals surface area contributed by atoms with Crippen LogP contribution in [0.3, 0.4) is 0 Å². The molecule has 1 amide bonds. The van der Waals surface area contributed by atoms with Gasteiger partial charge in [0.25, 0.3) is 0 Å². The molecular weight excluding hydrogens is 284 g/mol. The van der Waals surface area contributed by atoms with Crippen molar-refractivity contribution in [2.75, 3.05) is 13.1 Å². The van der Waals surface area contributed by atoms with Crippen molar-refractivity contribution in [3.8, 4) is 0 Å². The highest BCUT2D eigenvalue weighted by atomic mass is 35.5. The van der Waals surface area contributed by atoms with Gasteiger partial charge in [-0.3, -0.25) is 9.59 Å². The predicted octanol–water partition coefficient (Wildman–Crippen LogP) is 1.59. The lowest BCUT2D eigenvalue weighted by atomic mass is 10.1. The van der Waals surface area contributed by atoms with E-state index in [2.05, 4.69) is 5.32 Å². The lowest BCUT2D eigenvalue weighted by molar-refractivity contribution is -0.124. The molecule has 0 heterocycles. The number of ether oxygens (including phenoxy) is 1. The summed E-state index contributed by atoms with van der Waals surface area (Å²) in [5, 5.41) is 2.50. The van der Waals surface area contributed by atoms with E-state index in [1.54, 1.807) is 20.8 Å². The first-order valence-corrected chi connectivity index (χ1v) is 6.45. The average molecular weight is 309 g/mol. The first kappa shape index (κ1) is 21.2. The molecule has 20 heavy (non-hydrogen) atoms. The van der Waals surface area contributed by atoms with Crippen LogP contribution in [0.15, 0.2) is 0 Å². The van der Waals surface area contributed by atoms with Crippen molar-refractivity contribution in [3.05, 3.63) is 0 Å². The quantitative estimate of drug-likeness (QED) is 0.709. The summed E-state index contributed by atoms with van der Waals surface area (Å²) in [6.45, 7) is 5.83. The number of nitrogens with two attached hydrogens (primary N) is 1. The SMILES string of the molecule is CC(C)(C)OC(=O)NCCC(=O)CCC(=O)CCN.Cl. The lowest BCUT2D eigenvalue weighted by Crippen LogP contribution is -2.33. The second-order valence-corrected chi connectivity index (χ2v) is 5.29. The Labute approximate surface area is 126 Å². The van der Waals surface area contributed by atoms with Crippen molar-refractivity contribution >= 4 is 30.1 Å². The summed E-state index contributed by atoms with van der Waals surface area (Å²) >= 11 is 0. The standard InChI is InChI=1S/C13H24N2O4.ClH/c1-13(2,3)19-12(18)15-9-7-11(17)5-4-10(16)6-8-14;/h4-9,14H2,1-3H3,(H,15,18);1H. The first-order chi connectivity index (χ1) is 8.74. The number of hydrogen-bond donors (Lipinski definition) is 2. The van der Waals surface area contributed by atoms with Gasteiger partial charge >= 0.3 is 6.09 Å². The van der Waals surface area contributed by atoms with Gasteiger partial charge in [-0.15, -0.1) is 12.4 Å². The first-order valence-electron chi connectivity index (χ1n) is 6.45. The molecule has 7 heteroatoms. The maximum atomic E-state index is 11.4. The van der Waals surface area contributed by atoms with Crippen LogP contribution in [0.1, 0.15) is 46.5 Å². The van der Waals surface area contributed by atoms with Gasteiger partial charge in [0, 0.05) is 32.2 Å². The van der Waals surface area contributed by atoms with Gasteiger partial charge in [-0.25, -0.2) is 4.79 Å². The summed E-state index contributed by atoms with van der Waals surface area (Å²) in [6, 6.07) is 0. The van der Waals surface area contributed by atoms with E-state index in [1.807, 2.05) is 0 Å². The highest BCUT2D eigenvalue weighted by Gasteiger charge is 2.15. The van der Waals surface area contributed by atoms with E-state index in [9.17, 15) is 14.4 Å². The van der Waals surface area contributed by atoms with E-state index in [0.29, 0.717) is 13.0 Å². The molecule has 118 valence electrons. The Kier molecular flexibility index (Phi) is 11.2. The number of amides is 1. The number of rotatable bonds is 8. The van der Waals surface area contributed by atoms with Gasteiger partial charge in [-0.05, 0) is 27.3 Å². The van der Waals surface area contributed by atoms with Crippen molar-refractivity contribution in [2.45, 2.75) is 52.1 Å². The Morgan fingerprint density at radius 2 is 1.50 bits per heavy atom. The number of alkyl carbamates (subject to hydrolysis) is 1. The molecule has 0 aliphatic carbocycles. The van der Waals surface area contributed by atoms with Crippen molar-refractivity contribution in [3.63, 3.8) is 0 Å². The molecule has 0 radical (unpaired) electrons. The van der Waals surface area contributed by atoms with Crippen LogP contribution in [0.5, 0.6) is 0 Å². The molecule has 0 atom stereocenters. The zero-order chi connectivity index (χ0) is 14.9. The monoisotopic (exact) mass is 308 g/mol. The number of hydrogen-bond acceptors (Lipinski definition) is 5. The molecule has 0 saturated heterocycles. The Hall–Kier alpha value is -1.14. The minimum Gasteiger partial charge on any atom is -0.444 e. The molecule has 0 aromatic rings. The summed E-state index contributed by atoms with van der Waals surface area (Å²) in [4.78, 5) is 33.9. The molecule has 0 bridgehead atoms. The van der Waals surface area contributed by atoms with E-state index in [1.165, 1.54) is 0 Å². The van der Waals surface area contributed by atoms with Crippen LogP contribution in [0, 0.1) is 0 Å². The number of ketones is 2. The van der Waals surface area contributed by atoms with Gasteiger partial charge < -0.3 is 15.8 Å². The van der Waals surface area contributed by atoms with E-state index >= 15 is 0 Å². The molecule has 0 spiro atoms. The van der Waals surface area contributed by atoms with E-state index in [0.717, 1.165) is 0 Å². The van der Waals surface area contributed by atoms with Crippen LogP contribution in [0.2, 0.25) is 0 Å². The van der Waals surface area contributed by atoms with Gasteiger partial charge in [-0.2, -0.15) is 0 Å². The highest BCUT2D eigenvalue weighted by Crippen LogP contribution is 2.06. The second kappa shape index (κ2) is 10.6. The van der Waals surface area contributed by atoms with Gasteiger partial charge in [0.05, 0.1) is 0 Å². The fraction of sp³-hybridized carbons (Fsp3) is 0.769. The predicted molar refractivity (Wildman–Crippen MR) is 79.0 cm³/mol. The minimum absolute atomic E-state index is 0. The summed E-state index contributed by atoms with van der Waals surface area (Å²) in [6.07, 6.45) is 0.398. The summed E-state index contributed by atoms with van der Waals surface area (Å²) in [5.74, 6) is -0.0580. The van der Waals surface area contributed by atoms with Crippen LogP contribution in [-0.2, 0) is 14.3 Å².